The molecule has 1 aliphatic carbocycles. The number of piperazine rings is 1. The summed E-state index contributed by atoms with van der Waals surface area (Å²) >= 11 is 0. The standard InChI is InChI=1S/C20H24N4O2/c1-26-19-14-21-9-8-18(19)23-10-12-24(13-11-23)20(25)22-17-7-6-15-4-2-3-5-16(15)17/h2-5,8-9,14,17H,6-7,10-13H2,1H3,(H,22,25)/t17-/m1/s1. The Morgan fingerprint density at radius 2 is 2.00 bits per heavy atom. The van der Waals surface area contributed by atoms with Gasteiger partial charge in [-0.3, -0.25) is 4.98 Å². The fourth-order valence-electron chi connectivity index (χ4n) is 3.89. The molecule has 1 N–H and O–H groups in total. The fourth-order valence-corrected chi connectivity index (χ4v) is 3.89. The molecule has 4 rings (SSSR count). The van der Waals surface area contributed by atoms with Crippen molar-refractivity contribution in [2.24, 2.45) is 0 Å². The number of carbonyl (C=O) groups is 1. The minimum atomic E-state index is 0.0352. The SMILES string of the molecule is COc1cnccc1N1CCN(C(=O)N[C@@H]2CCc3ccccc32)CC1. The molecule has 1 fully saturated rings. The highest BCUT2D eigenvalue weighted by molar-refractivity contribution is 5.75. The molecular formula is C20H24N4O2. The number of rotatable bonds is 3. The van der Waals surface area contributed by atoms with Gasteiger partial charge in [0, 0.05) is 32.4 Å². The second-order valence-electron chi connectivity index (χ2n) is 6.76. The van der Waals surface area contributed by atoms with Crippen LogP contribution in [0.15, 0.2) is 42.7 Å². The summed E-state index contributed by atoms with van der Waals surface area (Å²) in [6, 6.07) is 10.5. The first kappa shape index (κ1) is 16.7. The van der Waals surface area contributed by atoms with Gasteiger partial charge in [0.15, 0.2) is 5.75 Å². The molecule has 0 unspecified atom stereocenters. The zero-order valence-corrected chi connectivity index (χ0v) is 15.0. The number of amides is 2. The number of carbonyl (C=O) groups excluding carboxylic acids is 1. The Morgan fingerprint density at radius 3 is 2.81 bits per heavy atom. The largest absolute Gasteiger partial charge is 0.493 e. The van der Waals surface area contributed by atoms with E-state index in [1.165, 1.54) is 11.1 Å². The number of aromatic nitrogens is 1. The highest BCUT2D eigenvalue weighted by Gasteiger charge is 2.27. The van der Waals surface area contributed by atoms with E-state index in [0.29, 0.717) is 13.1 Å². The third-order valence-corrected chi connectivity index (χ3v) is 5.32. The molecule has 6 heteroatoms. The van der Waals surface area contributed by atoms with E-state index in [0.717, 1.165) is 37.4 Å². The molecule has 136 valence electrons. The lowest BCUT2D eigenvalue weighted by Crippen LogP contribution is -2.52. The first-order valence-electron chi connectivity index (χ1n) is 9.12. The Kier molecular flexibility index (Phi) is 4.65. The number of benzene rings is 1. The van der Waals surface area contributed by atoms with Crippen molar-refractivity contribution in [1.82, 2.24) is 15.2 Å². The average molecular weight is 352 g/mol. The second kappa shape index (κ2) is 7.23. The number of anilines is 1. The zero-order valence-electron chi connectivity index (χ0n) is 15.0. The van der Waals surface area contributed by atoms with Gasteiger partial charge in [0.2, 0.25) is 0 Å². The van der Waals surface area contributed by atoms with Crippen LogP contribution in [0, 0.1) is 0 Å². The van der Waals surface area contributed by atoms with Crippen LogP contribution in [0.5, 0.6) is 5.75 Å². The molecule has 2 amide bonds. The lowest BCUT2D eigenvalue weighted by atomic mass is 10.1. The maximum Gasteiger partial charge on any atom is 0.318 e. The van der Waals surface area contributed by atoms with E-state index in [-0.39, 0.29) is 12.1 Å². The Hall–Kier alpha value is -2.76. The number of ether oxygens (including phenoxy) is 1. The maximum atomic E-state index is 12.7. The molecule has 0 saturated carbocycles. The molecule has 2 aliphatic rings. The van der Waals surface area contributed by atoms with Gasteiger partial charge >= 0.3 is 6.03 Å². The summed E-state index contributed by atoms with van der Waals surface area (Å²) in [5.41, 5.74) is 3.65. The molecule has 6 nitrogen and oxygen atoms in total. The number of nitrogens with one attached hydrogen (secondary N) is 1. The number of methoxy groups -OCH3 is 1. The Bertz CT molecular complexity index is 787. The lowest BCUT2D eigenvalue weighted by molar-refractivity contribution is 0.190. The summed E-state index contributed by atoms with van der Waals surface area (Å²) in [5, 5.41) is 3.22. The van der Waals surface area contributed by atoms with Gasteiger partial charge in [0.1, 0.15) is 0 Å². The Morgan fingerprint density at radius 1 is 1.19 bits per heavy atom. The van der Waals surface area contributed by atoms with Gasteiger partial charge in [-0.2, -0.15) is 0 Å². The van der Waals surface area contributed by atoms with Crippen molar-refractivity contribution in [3.8, 4) is 5.75 Å². The van der Waals surface area contributed by atoms with Crippen LogP contribution in [0.2, 0.25) is 0 Å². The van der Waals surface area contributed by atoms with Crippen molar-refractivity contribution < 1.29 is 9.53 Å². The predicted octanol–water partition coefficient (Wildman–Crippen LogP) is 2.61. The maximum absolute atomic E-state index is 12.7. The number of nitrogens with zero attached hydrogens (tertiary/aromatic N) is 3. The predicted molar refractivity (Wildman–Crippen MR) is 101 cm³/mol. The van der Waals surface area contributed by atoms with Gasteiger partial charge < -0.3 is 19.9 Å². The van der Waals surface area contributed by atoms with E-state index in [1.807, 2.05) is 17.0 Å². The summed E-state index contributed by atoms with van der Waals surface area (Å²) in [4.78, 5) is 20.9. The van der Waals surface area contributed by atoms with Crippen molar-refractivity contribution in [2.75, 3.05) is 38.2 Å². The van der Waals surface area contributed by atoms with Crippen LogP contribution in [0.4, 0.5) is 10.5 Å². The van der Waals surface area contributed by atoms with Crippen molar-refractivity contribution in [3.63, 3.8) is 0 Å². The zero-order chi connectivity index (χ0) is 17.9. The highest BCUT2D eigenvalue weighted by atomic mass is 16.5. The normalized spacial score (nSPS) is 19.2. The van der Waals surface area contributed by atoms with Crippen molar-refractivity contribution in [3.05, 3.63) is 53.9 Å². The lowest BCUT2D eigenvalue weighted by Gasteiger charge is -2.37. The van der Waals surface area contributed by atoms with Crippen molar-refractivity contribution in [1.29, 1.82) is 0 Å². The first-order chi connectivity index (χ1) is 12.8. The number of pyridine rings is 1. The highest BCUT2D eigenvalue weighted by Crippen LogP contribution is 2.31. The van der Waals surface area contributed by atoms with E-state index < -0.39 is 0 Å². The number of hydrogen-bond acceptors (Lipinski definition) is 4. The van der Waals surface area contributed by atoms with E-state index in [1.54, 1.807) is 19.5 Å². The Balaban J connectivity index is 1.36. The van der Waals surface area contributed by atoms with Gasteiger partial charge in [0.25, 0.3) is 0 Å². The number of hydrogen-bond donors (Lipinski definition) is 1. The average Bonchev–Trinajstić information content (AvgIpc) is 3.11. The Labute approximate surface area is 153 Å². The monoisotopic (exact) mass is 352 g/mol. The topological polar surface area (TPSA) is 57.7 Å². The number of urea groups is 1. The summed E-state index contributed by atoms with van der Waals surface area (Å²) in [6.45, 7) is 2.97. The second-order valence-corrected chi connectivity index (χ2v) is 6.76. The fraction of sp³-hybridized carbons (Fsp3) is 0.400. The molecule has 2 heterocycles. The van der Waals surface area contributed by atoms with E-state index in [9.17, 15) is 4.79 Å². The van der Waals surface area contributed by atoms with Crippen LogP contribution in [0.3, 0.4) is 0 Å². The van der Waals surface area contributed by atoms with Gasteiger partial charge in [-0.05, 0) is 30.0 Å². The van der Waals surface area contributed by atoms with Crippen LogP contribution in [0.25, 0.3) is 0 Å². The quantitative estimate of drug-likeness (QED) is 0.923. The van der Waals surface area contributed by atoms with Crippen LogP contribution in [-0.2, 0) is 6.42 Å². The molecule has 1 atom stereocenters. The van der Waals surface area contributed by atoms with Gasteiger partial charge in [0.05, 0.1) is 25.0 Å². The minimum Gasteiger partial charge on any atom is -0.493 e. The number of fused-ring (bicyclic) bond motifs is 1. The molecular weight excluding hydrogens is 328 g/mol. The third kappa shape index (κ3) is 3.19. The van der Waals surface area contributed by atoms with Crippen molar-refractivity contribution in [2.45, 2.75) is 18.9 Å². The molecule has 0 radical (unpaired) electrons. The van der Waals surface area contributed by atoms with E-state index in [4.69, 9.17) is 4.74 Å². The molecule has 2 aromatic rings. The van der Waals surface area contributed by atoms with E-state index in [2.05, 4.69) is 33.4 Å². The number of aryl methyl sites for hydroxylation is 1. The van der Waals surface area contributed by atoms with E-state index >= 15 is 0 Å². The minimum absolute atomic E-state index is 0.0352. The van der Waals surface area contributed by atoms with Gasteiger partial charge in [-0.1, -0.05) is 24.3 Å². The third-order valence-electron chi connectivity index (χ3n) is 5.32. The molecule has 1 saturated heterocycles. The summed E-state index contributed by atoms with van der Waals surface area (Å²) in [6.07, 6.45) is 5.52. The van der Waals surface area contributed by atoms with Crippen LogP contribution in [0.1, 0.15) is 23.6 Å². The summed E-state index contributed by atoms with van der Waals surface area (Å²) < 4.78 is 5.40. The van der Waals surface area contributed by atoms with Crippen LogP contribution in [-0.4, -0.2) is 49.2 Å². The molecule has 26 heavy (non-hydrogen) atoms. The van der Waals surface area contributed by atoms with Gasteiger partial charge in [-0.25, -0.2) is 4.79 Å². The summed E-state index contributed by atoms with van der Waals surface area (Å²) in [7, 11) is 1.66. The molecule has 1 aliphatic heterocycles. The van der Waals surface area contributed by atoms with Crippen molar-refractivity contribution >= 4 is 11.7 Å². The molecule has 1 aromatic carbocycles. The van der Waals surface area contributed by atoms with Crippen LogP contribution >= 0.6 is 0 Å². The molecule has 0 spiro atoms. The summed E-state index contributed by atoms with van der Waals surface area (Å²) in [5.74, 6) is 0.771. The molecule has 0 bridgehead atoms. The molecule has 1 aromatic heterocycles. The van der Waals surface area contributed by atoms with Crippen LogP contribution < -0.4 is 15.0 Å². The first-order valence-corrected chi connectivity index (χ1v) is 9.12. The van der Waals surface area contributed by atoms with Gasteiger partial charge in [-0.15, -0.1) is 0 Å². The smallest absolute Gasteiger partial charge is 0.318 e.